The standard InChI is InChI=1S/C12H16O10/c13-4-2-1-3-11(18)12(19)21-8(15)6-10(17,9(16)22-12)5-7(14)20-11/h13,17-19H,1-6H2. The van der Waals surface area contributed by atoms with Crippen molar-refractivity contribution in [2.45, 2.75) is 49.5 Å². The van der Waals surface area contributed by atoms with Gasteiger partial charge in [0.05, 0.1) is 12.8 Å². The van der Waals surface area contributed by atoms with Gasteiger partial charge in [-0.15, -0.1) is 0 Å². The number of ether oxygens (including phenoxy) is 3. The van der Waals surface area contributed by atoms with Gasteiger partial charge in [-0.2, -0.15) is 0 Å². The average molecular weight is 320 g/mol. The smallest absolute Gasteiger partial charge is 0.422 e. The Morgan fingerprint density at radius 1 is 0.909 bits per heavy atom. The molecule has 3 atom stereocenters. The molecule has 2 fully saturated rings. The molecule has 2 saturated heterocycles. The zero-order chi connectivity index (χ0) is 16.6. The Bertz CT molecular complexity index is 504. The summed E-state index contributed by atoms with van der Waals surface area (Å²) in [6.45, 7) is -0.234. The molecule has 3 unspecified atom stereocenters. The van der Waals surface area contributed by atoms with Crippen LogP contribution in [0.2, 0.25) is 0 Å². The van der Waals surface area contributed by atoms with E-state index in [-0.39, 0.29) is 19.4 Å². The number of unbranched alkanes of at least 4 members (excludes halogenated alkanes) is 1. The predicted octanol–water partition coefficient (Wildman–Crippen LogP) is -2.35. The van der Waals surface area contributed by atoms with Gasteiger partial charge in [0.15, 0.2) is 5.60 Å². The third-order valence-corrected chi connectivity index (χ3v) is 3.44. The van der Waals surface area contributed by atoms with Crippen molar-refractivity contribution in [3.63, 3.8) is 0 Å². The van der Waals surface area contributed by atoms with Crippen LogP contribution in [0.15, 0.2) is 0 Å². The van der Waals surface area contributed by atoms with Gasteiger partial charge in [-0.05, 0) is 12.8 Å². The Kier molecular flexibility index (Phi) is 4.13. The van der Waals surface area contributed by atoms with E-state index in [4.69, 9.17) is 5.11 Å². The highest BCUT2D eigenvalue weighted by molar-refractivity contribution is 5.92. The van der Waals surface area contributed by atoms with Crippen LogP contribution < -0.4 is 0 Å². The fourth-order valence-corrected chi connectivity index (χ4v) is 2.25. The topological polar surface area (TPSA) is 160 Å². The molecule has 10 heteroatoms. The summed E-state index contributed by atoms with van der Waals surface area (Å²) in [7, 11) is 0. The van der Waals surface area contributed by atoms with Crippen molar-refractivity contribution in [3.8, 4) is 0 Å². The van der Waals surface area contributed by atoms with Crippen molar-refractivity contribution >= 4 is 17.9 Å². The first-order valence-electron chi connectivity index (χ1n) is 6.59. The number of hydrogen-bond donors (Lipinski definition) is 4. The molecule has 22 heavy (non-hydrogen) atoms. The minimum atomic E-state index is -3.28. The first kappa shape index (κ1) is 16.6. The molecule has 0 aromatic heterocycles. The van der Waals surface area contributed by atoms with Crippen molar-refractivity contribution in [3.05, 3.63) is 0 Å². The molecule has 2 aliphatic rings. The molecule has 2 bridgehead atoms. The highest BCUT2D eigenvalue weighted by Gasteiger charge is 2.66. The molecule has 0 radical (unpaired) electrons. The molecule has 2 aliphatic heterocycles. The summed E-state index contributed by atoms with van der Waals surface area (Å²) in [4.78, 5) is 35.2. The van der Waals surface area contributed by atoms with Crippen LogP contribution in [0.25, 0.3) is 0 Å². The van der Waals surface area contributed by atoms with Gasteiger partial charge in [0.25, 0.3) is 0 Å². The minimum absolute atomic E-state index is 0.0575. The number of hydrogen-bond acceptors (Lipinski definition) is 10. The lowest BCUT2D eigenvalue weighted by Crippen LogP contribution is -2.63. The fraction of sp³-hybridized carbons (Fsp3) is 0.750. The summed E-state index contributed by atoms with van der Waals surface area (Å²) in [5.41, 5.74) is -2.54. The Labute approximate surface area is 124 Å². The van der Waals surface area contributed by atoms with Crippen LogP contribution >= 0.6 is 0 Å². The molecular weight excluding hydrogens is 304 g/mol. The van der Waals surface area contributed by atoms with Gasteiger partial charge in [-0.1, -0.05) is 0 Å². The summed E-state index contributed by atoms with van der Waals surface area (Å²) in [5, 5.41) is 39.3. The minimum Gasteiger partial charge on any atom is -0.422 e. The lowest BCUT2D eigenvalue weighted by molar-refractivity contribution is -0.445. The maximum atomic E-state index is 11.9. The van der Waals surface area contributed by atoms with Gasteiger partial charge < -0.3 is 34.6 Å². The van der Waals surface area contributed by atoms with Gasteiger partial charge in [0.1, 0.15) is 0 Å². The number of carbonyl (C=O) groups excluding carboxylic acids is 3. The summed E-state index contributed by atoms with van der Waals surface area (Å²) in [6, 6.07) is 0. The molecule has 0 aromatic rings. The van der Waals surface area contributed by atoms with Crippen molar-refractivity contribution in [1.29, 1.82) is 0 Å². The maximum Gasteiger partial charge on any atom is 0.443 e. The molecule has 2 rings (SSSR count). The summed E-state index contributed by atoms with van der Waals surface area (Å²) >= 11 is 0. The number of aliphatic hydroxyl groups excluding tert-OH is 1. The van der Waals surface area contributed by atoms with Crippen LogP contribution in [0.1, 0.15) is 32.1 Å². The predicted molar refractivity (Wildman–Crippen MR) is 63.3 cm³/mol. The zero-order valence-corrected chi connectivity index (χ0v) is 11.5. The van der Waals surface area contributed by atoms with E-state index in [2.05, 4.69) is 14.2 Å². The van der Waals surface area contributed by atoms with E-state index >= 15 is 0 Å². The van der Waals surface area contributed by atoms with Crippen molar-refractivity contribution in [2.75, 3.05) is 6.61 Å². The molecule has 2 heterocycles. The van der Waals surface area contributed by atoms with Crippen molar-refractivity contribution in [2.24, 2.45) is 0 Å². The van der Waals surface area contributed by atoms with Crippen LogP contribution in [0, 0.1) is 0 Å². The number of rotatable bonds is 4. The molecule has 0 aliphatic carbocycles. The zero-order valence-electron chi connectivity index (χ0n) is 11.5. The van der Waals surface area contributed by atoms with E-state index in [9.17, 15) is 29.7 Å². The number of carbonyl (C=O) groups is 3. The number of esters is 3. The third-order valence-electron chi connectivity index (χ3n) is 3.44. The molecular formula is C12H16O10. The highest BCUT2D eigenvalue weighted by atomic mass is 16.9. The van der Waals surface area contributed by atoms with E-state index in [1.165, 1.54) is 0 Å². The van der Waals surface area contributed by atoms with Crippen molar-refractivity contribution in [1.82, 2.24) is 0 Å². The molecule has 0 spiro atoms. The number of fused-ring (bicyclic) bond motifs is 3. The molecule has 10 nitrogen and oxygen atoms in total. The number of cyclic esters (lactones) is 1. The third kappa shape index (κ3) is 2.77. The lowest BCUT2D eigenvalue weighted by atomic mass is 9.95. The van der Waals surface area contributed by atoms with Crippen LogP contribution in [0.3, 0.4) is 0 Å². The van der Waals surface area contributed by atoms with E-state index in [0.29, 0.717) is 0 Å². The lowest BCUT2D eigenvalue weighted by Gasteiger charge is -2.40. The Morgan fingerprint density at radius 3 is 2.09 bits per heavy atom. The molecule has 0 amide bonds. The van der Waals surface area contributed by atoms with Gasteiger partial charge in [0, 0.05) is 13.0 Å². The molecule has 124 valence electrons. The van der Waals surface area contributed by atoms with Gasteiger partial charge in [0.2, 0.25) is 0 Å². The van der Waals surface area contributed by atoms with Crippen LogP contribution in [-0.4, -0.2) is 62.3 Å². The molecule has 4 N–H and O–H groups in total. The van der Waals surface area contributed by atoms with E-state index in [1.807, 2.05) is 0 Å². The quantitative estimate of drug-likeness (QED) is 0.326. The molecule has 0 saturated carbocycles. The number of aliphatic hydroxyl groups is 4. The van der Waals surface area contributed by atoms with Crippen LogP contribution in [0.4, 0.5) is 0 Å². The monoisotopic (exact) mass is 320 g/mol. The fourth-order valence-electron chi connectivity index (χ4n) is 2.25. The SMILES string of the molecule is O=C1CC2(O)CC(=O)OC(O)(OC2=O)C(O)(CCCCO)O1. The summed E-state index contributed by atoms with van der Waals surface area (Å²) < 4.78 is 13.7. The second-order valence-corrected chi connectivity index (χ2v) is 5.27. The average Bonchev–Trinajstić information content (AvgIpc) is 2.42. The summed E-state index contributed by atoms with van der Waals surface area (Å²) in [6.07, 6.45) is -2.12. The Balaban J connectivity index is 2.41. The van der Waals surface area contributed by atoms with Gasteiger partial charge >= 0.3 is 29.7 Å². The van der Waals surface area contributed by atoms with Crippen LogP contribution in [-0.2, 0) is 28.6 Å². The molecule has 0 aromatic carbocycles. The normalized spacial score (nSPS) is 38.5. The second kappa shape index (κ2) is 5.47. The van der Waals surface area contributed by atoms with E-state index < -0.39 is 54.5 Å². The van der Waals surface area contributed by atoms with Crippen molar-refractivity contribution < 1.29 is 49.0 Å². The summed E-state index contributed by atoms with van der Waals surface area (Å²) in [5.74, 6) is -10.1. The van der Waals surface area contributed by atoms with Gasteiger partial charge in [-0.3, -0.25) is 9.59 Å². The highest BCUT2D eigenvalue weighted by Crippen LogP contribution is 2.40. The Hall–Kier alpha value is -1.75. The van der Waals surface area contributed by atoms with Gasteiger partial charge in [-0.25, -0.2) is 4.79 Å². The maximum absolute atomic E-state index is 11.9. The van der Waals surface area contributed by atoms with Crippen LogP contribution in [0.5, 0.6) is 0 Å². The van der Waals surface area contributed by atoms with E-state index in [0.717, 1.165) is 0 Å². The van der Waals surface area contributed by atoms with E-state index in [1.54, 1.807) is 0 Å². The second-order valence-electron chi connectivity index (χ2n) is 5.27. The Morgan fingerprint density at radius 2 is 1.50 bits per heavy atom. The first-order valence-corrected chi connectivity index (χ1v) is 6.59. The first-order chi connectivity index (χ1) is 10.1. The largest absolute Gasteiger partial charge is 0.443 e.